The van der Waals surface area contributed by atoms with Crippen LogP contribution in [0.4, 0.5) is 4.79 Å². The van der Waals surface area contributed by atoms with Crippen molar-refractivity contribution in [3.63, 3.8) is 0 Å². The number of rotatable bonds is 7. The number of carbonyl (C=O) groups excluding carboxylic acids is 3. The summed E-state index contributed by atoms with van der Waals surface area (Å²) in [6.45, 7) is 4.75. The van der Waals surface area contributed by atoms with Crippen molar-refractivity contribution in [1.82, 2.24) is 20.4 Å². The minimum absolute atomic E-state index is 0.0780. The van der Waals surface area contributed by atoms with Crippen LogP contribution in [-0.2, 0) is 21.5 Å². The van der Waals surface area contributed by atoms with Crippen LogP contribution in [0.25, 0.3) is 0 Å². The highest BCUT2D eigenvalue weighted by Gasteiger charge is 2.52. The maximum Gasteiger partial charge on any atom is 0.325 e. The van der Waals surface area contributed by atoms with Gasteiger partial charge in [0.25, 0.3) is 5.91 Å². The van der Waals surface area contributed by atoms with Crippen molar-refractivity contribution >= 4 is 17.8 Å². The Labute approximate surface area is 188 Å². The number of carbonyl (C=O) groups is 3. The van der Waals surface area contributed by atoms with Gasteiger partial charge in [0.2, 0.25) is 5.91 Å². The van der Waals surface area contributed by atoms with E-state index in [2.05, 4.69) is 22.5 Å². The molecule has 4 amide bonds. The first kappa shape index (κ1) is 22.0. The molecule has 2 N–H and O–H groups in total. The van der Waals surface area contributed by atoms with Crippen LogP contribution in [0, 0.1) is 0 Å². The molecule has 1 atom stereocenters. The van der Waals surface area contributed by atoms with Crippen LogP contribution in [0.1, 0.15) is 30.9 Å². The zero-order valence-electron chi connectivity index (χ0n) is 18.4. The number of hydrogen-bond acceptors (Lipinski definition) is 4. The van der Waals surface area contributed by atoms with Gasteiger partial charge in [-0.15, -0.1) is 0 Å². The van der Waals surface area contributed by atoms with E-state index in [1.165, 1.54) is 0 Å². The van der Waals surface area contributed by atoms with Gasteiger partial charge in [-0.25, -0.2) is 4.79 Å². The normalized spacial score (nSPS) is 22.1. The number of likely N-dealkylation sites (tertiary alicyclic amines) is 1. The van der Waals surface area contributed by atoms with E-state index in [1.54, 1.807) is 0 Å². The molecule has 2 fully saturated rings. The largest absolute Gasteiger partial charge is 0.352 e. The van der Waals surface area contributed by atoms with Gasteiger partial charge in [0, 0.05) is 25.6 Å². The summed E-state index contributed by atoms with van der Waals surface area (Å²) in [6.07, 6.45) is 2.07. The van der Waals surface area contributed by atoms with Crippen LogP contribution in [0.3, 0.4) is 0 Å². The Morgan fingerprint density at radius 3 is 2.28 bits per heavy atom. The zero-order chi connectivity index (χ0) is 22.6. The first-order valence-corrected chi connectivity index (χ1v) is 11.3. The number of hydrogen-bond donors (Lipinski definition) is 2. The summed E-state index contributed by atoms with van der Waals surface area (Å²) in [4.78, 5) is 42.6. The third-order valence-electron chi connectivity index (χ3n) is 6.46. The summed E-state index contributed by atoms with van der Waals surface area (Å²) < 4.78 is 0. The predicted octanol–water partition coefficient (Wildman–Crippen LogP) is 2.28. The van der Waals surface area contributed by atoms with E-state index < -0.39 is 17.5 Å². The molecule has 4 rings (SSSR count). The van der Waals surface area contributed by atoms with Crippen LogP contribution < -0.4 is 10.6 Å². The second kappa shape index (κ2) is 9.53. The van der Waals surface area contributed by atoms with E-state index in [9.17, 15) is 14.4 Å². The van der Waals surface area contributed by atoms with Crippen LogP contribution >= 0.6 is 0 Å². The average molecular weight is 435 g/mol. The molecule has 32 heavy (non-hydrogen) atoms. The Morgan fingerprint density at radius 2 is 1.66 bits per heavy atom. The van der Waals surface area contributed by atoms with Gasteiger partial charge >= 0.3 is 6.03 Å². The number of imide groups is 1. The third kappa shape index (κ3) is 4.53. The molecule has 0 aliphatic carbocycles. The summed E-state index contributed by atoms with van der Waals surface area (Å²) in [5.41, 5.74) is 0.406. The van der Waals surface area contributed by atoms with Crippen LogP contribution in [0.15, 0.2) is 60.7 Å². The van der Waals surface area contributed by atoms with Crippen molar-refractivity contribution in [1.29, 1.82) is 0 Å². The van der Waals surface area contributed by atoms with E-state index in [1.807, 2.05) is 60.7 Å². The molecule has 0 bridgehead atoms. The van der Waals surface area contributed by atoms with Crippen molar-refractivity contribution in [2.24, 2.45) is 0 Å². The topological polar surface area (TPSA) is 81.8 Å². The fraction of sp³-hybridized carbons (Fsp3) is 0.400. The van der Waals surface area contributed by atoms with Crippen molar-refractivity contribution in [2.75, 3.05) is 26.2 Å². The van der Waals surface area contributed by atoms with Gasteiger partial charge in [0.1, 0.15) is 6.54 Å². The highest BCUT2D eigenvalue weighted by molar-refractivity contribution is 6.09. The molecule has 2 heterocycles. The first-order chi connectivity index (χ1) is 15.5. The lowest BCUT2D eigenvalue weighted by Gasteiger charge is -2.31. The Morgan fingerprint density at radius 1 is 1.03 bits per heavy atom. The zero-order valence-corrected chi connectivity index (χ0v) is 18.4. The number of urea groups is 1. The van der Waals surface area contributed by atoms with Gasteiger partial charge in [-0.1, -0.05) is 67.6 Å². The molecule has 2 aliphatic heterocycles. The SMILES string of the molecule is CCN1CCC(NC(=O)CN2C(=O)NC(Cc3ccccc3)(c3ccccc3)C2=O)CC1. The molecule has 1 unspecified atom stereocenters. The van der Waals surface area contributed by atoms with Gasteiger partial charge in [-0.2, -0.15) is 0 Å². The maximum atomic E-state index is 13.6. The summed E-state index contributed by atoms with van der Waals surface area (Å²) in [5.74, 6) is -0.694. The number of nitrogens with one attached hydrogen (secondary N) is 2. The minimum atomic E-state index is -1.23. The minimum Gasteiger partial charge on any atom is -0.352 e. The highest BCUT2D eigenvalue weighted by atomic mass is 16.2. The number of nitrogens with zero attached hydrogens (tertiary/aromatic N) is 2. The molecule has 0 spiro atoms. The van der Waals surface area contributed by atoms with Crippen molar-refractivity contribution in [3.05, 3.63) is 71.8 Å². The van der Waals surface area contributed by atoms with E-state index in [0.29, 0.717) is 12.0 Å². The molecule has 0 radical (unpaired) electrons. The molecule has 0 aromatic heterocycles. The molecule has 0 saturated carbocycles. The van der Waals surface area contributed by atoms with Crippen LogP contribution in [-0.4, -0.2) is 59.9 Å². The molecule has 2 aliphatic rings. The van der Waals surface area contributed by atoms with Crippen molar-refractivity contribution in [3.8, 4) is 0 Å². The molecule has 168 valence electrons. The van der Waals surface area contributed by atoms with E-state index in [4.69, 9.17) is 0 Å². The summed E-state index contributed by atoms with van der Waals surface area (Å²) in [6, 6.07) is 18.4. The van der Waals surface area contributed by atoms with E-state index in [0.717, 1.165) is 42.9 Å². The lowest BCUT2D eigenvalue weighted by atomic mass is 9.83. The summed E-state index contributed by atoms with van der Waals surface area (Å²) >= 11 is 0. The highest BCUT2D eigenvalue weighted by Crippen LogP contribution is 2.33. The first-order valence-electron chi connectivity index (χ1n) is 11.3. The summed E-state index contributed by atoms with van der Waals surface area (Å²) in [7, 11) is 0. The third-order valence-corrected chi connectivity index (χ3v) is 6.46. The molecule has 2 aromatic carbocycles. The molecular weight excluding hydrogens is 404 g/mol. The van der Waals surface area contributed by atoms with E-state index >= 15 is 0 Å². The fourth-order valence-electron chi connectivity index (χ4n) is 4.62. The standard InChI is InChI=1S/C25H30N4O3/c1-2-28-15-13-21(14-16-28)26-22(30)18-29-23(31)25(27-24(29)32,20-11-7-4-8-12-20)17-19-9-5-3-6-10-19/h3-12,21H,2,13-18H2,1H3,(H,26,30)(H,27,32). The van der Waals surface area contributed by atoms with Crippen molar-refractivity contribution < 1.29 is 14.4 Å². The van der Waals surface area contributed by atoms with E-state index in [-0.39, 0.29) is 18.5 Å². The van der Waals surface area contributed by atoms with Gasteiger partial charge < -0.3 is 15.5 Å². The van der Waals surface area contributed by atoms with Crippen LogP contribution in [0.5, 0.6) is 0 Å². The molecule has 7 nitrogen and oxygen atoms in total. The monoisotopic (exact) mass is 434 g/mol. The number of benzene rings is 2. The number of piperidine rings is 1. The lowest BCUT2D eigenvalue weighted by molar-refractivity contribution is -0.135. The Kier molecular flexibility index (Phi) is 6.55. The lowest BCUT2D eigenvalue weighted by Crippen LogP contribution is -2.49. The van der Waals surface area contributed by atoms with Gasteiger partial charge in [-0.05, 0) is 30.5 Å². The molecule has 7 heteroatoms. The molecular formula is C25H30N4O3. The second-order valence-electron chi connectivity index (χ2n) is 8.53. The molecule has 2 aromatic rings. The Hall–Kier alpha value is -3.19. The smallest absolute Gasteiger partial charge is 0.325 e. The summed E-state index contributed by atoms with van der Waals surface area (Å²) in [5, 5.41) is 5.91. The van der Waals surface area contributed by atoms with Gasteiger partial charge in [0.05, 0.1) is 0 Å². The predicted molar refractivity (Wildman–Crippen MR) is 122 cm³/mol. The van der Waals surface area contributed by atoms with Gasteiger partial charge in [-0.3, -0.25) is 14.5 Å². The Bertz CT molecular complexity index is 958. The van der Waals surface area contributed by atoms with Gasteiger partial charge in [0.15, 0.2) is 5.54 Å². The molecule has 2 saturated heterocycles. The number of amides is 4. The Balaban J connectivity index is 1.50. The van der Waals surface area contributed by atoms with Crippen LogP contribution in [0.2, 0.25) is 0 Å². The average Bonchev–Trinajstić information content (AvgIpc) is 3.05. The fourth-order valence-corrected chi connectivity index (χ4v) is 4.62. The van der Waals surface area contributed by atoms with Crippen molar-refractivity contribution in [2.45, 2.75) is 37.8 Å². The second-order valence-corrected chi connectivity index (χ2v) is 8.53. The quantitative estimate of drug-likeness (QED) is 0.655. The maximum absolute atomic E-state index is 13.6.